The molecule has 10 nitrogen and oxygen atoms in total. The Kier molecular flexibility index (Phi) is 7.06. The molecule has 12 heteroatoms. The number of nitrogens with two attached hydrogens (primary N) is 1. The Morgan fingerprint density at radius 2 is 1.88 bits per heavy atom. The third-order valence-corrected chi connectivity index (χ3v) is 7.24. The van der Waals surface area contributed by atoms with Gasteiger partial charge in [-0.15, -0.1) is 10.2 Å². The summed E-state index contributed by atoms with van der Waals surface area (Å²) in [5.74, 6) is 0.904. The van der Waals surface area contributed by atoms with E-state index in [2.05, 4.69) is 10.2 Å². The molecule has 1 amide bonds. The number of amides is 1. The second-order valence-corrected chi connectivity index (χ2v) is 9.84. The molecule has 170 valence electrons. The summed E-state index contributed by atoms with van der Waals surface area (Å²) >= 11 is 1.10. The fourth-order valence-corrected chi connectivity index (χ4v) is 4.51. The molecule has 2 aromatic carbocycles. The third kappa shape index (κ3) is 4.71. The monoisotopic (exact) mass is 477 g/mol. The van der Waals surface area contributed by atoms with E-state index in [1.54, 1.807) is 34.9 Å². The minimum absolute atomic E-state index is 0.0144. The van der Waals surface area contributed by atoms with Crippen LogP contribution in [-0.2, 0) is 14.8 Å². The smallest absolute Gasteiger partial charge is 0.242 e. The number of sulfonamides is 1. The van der Waals surface area contributed by atoms with E-state index in [9.17, 15) is 13.2 Å². The zero-order valence-electron chi connectivity index (χ0n) is 18.0. The zero-order valence-corrected chi connectivity index (χ0v) is 19.6. The molecule has 3 aromatic rings. The van der Waals surface area contributed by atoms with Gasteiger partial charge in [0, 0.05) is 25.7 Å². The van der Waals surface area contributed by atoms with Crippen LogP contribution in [0.3, 0.4) is 0 Å². The minimum Gasteiger partial charge on any atom is -0.497 e. The highest BCUT2D eigenvalue weighted by atomic mass is 32.2. The highest BCUT2D eigenvalue weighted by Gasteiger charge is 2.23. The Bertz CT molecular complexity index is 1240. The van der Waals surface area contributed by atoms with E-state index in [0.29, 0.717) is 33.7 Å². The van der Waals surface area contributed by atoms with E-state index in [1.807, 2.05) is 0 Å². The summed E-state index contributed by atoms with van der Waals surface area (Å²) in [6.07, 6.45) is 0. The molecule has 0 radical (unpaired) electrons. The van der Waals surface area contributed by atoms with Gasteiger partial charge in [0.1, 0.15) is 11.5 Å². The molecule has 1 aromatic heterocycles. The van der Waals surface area contributed by atoms with Gasteiger partial charge in [0.15, 0.2) is 11.0 Å². The third-order valence-electron chi connectivity index (χ3n) is 4.47. The van der Waals surface area contributed by atoms with E-state index in [-0.39, 0.29) is 10.6 Å². The zero-order chi connectivity index (χ0) is 23.5. The molecule has 32 heavy (non-hydrogen) atoms. The molecule has 0 fully saturated rings. The van der Waals surface area contributed by atoms with Crippen molar-refractivity contribution in [3.63, 3.8) is 0 Å². The maximum absolute atomic E-state index is 12.6. The van der Waals surface area contributed by atoms with Crippen LogP contribution in [-0.4, -0.2) is 67.5 Å². The fourth-order valence-electron chi connectivity index (χ4n) is 2.88. The first-order valence-electron chi connectivity index (χ1n) is 9.31. The predicted octanol–water partition coefficient (Wildman–Crippen LogP) is 1.78. The van der Waals surface area contributed by atoms with Crippen molar-refractivity contribution in [3.05, 3.63) is 42.5 Å². The lowest BCUT2D eigenvalue weighted by Gasteiger charge is -2.16. The van der Waals surface area contributed by atoms with E-state index in [0.717, 1.165) is 16.1 Å². The summed E-state index contributed by atoms with van der Waals surface area (Å²) in [5.41, 5.74) is 6.38. The molecule has 0 saturated heterocycles. The second kappa shape index (κ2) is 9.59. The largest absolute Gasteiger partial charge is 0.497 e. The Labute approximate surface area is 190 Å². The quantitative estimate of drug-likeness (QED) is 0.462. The van der Waals surface area contributed by atoms with Crippen molar-refractivity contribution in [3.8, 4) is 28.6 Å². The van der Waals surface area contributed by atoms with Crippen molar-refractivity contribution in [1.82, 2.24) is 19.1 Å². The number of thioether (sulfide) groups is 1. The van der Waals surface area contributed by atoms with Crippen LogP contribution in [0.25, 0.3) is 17.1 Å². The molecule has 0 unspecified atom stereocenters. The summed E-state index contributed by atoms with van der Waals surface area (Å²) in [4.78, 5) is 11.5. The van der Waals surface area contributed by atoms with Gasteiger partial charge in [0.25, 0.3) is 0 Å². The first-order valence-corrected chi connectivity index (χ1v) is 11.7. The predicted molar refractivity (Wildman–Crippen MR) is 121 cm³/mol. The van der Waals surface area contributed by atoms with Gasteiger partial charge in [0.2, 0.25) is 15.9 Å². The SMILES string of the molecule is COc1ccc(OC)c(-n2c(SCC(N)=O)nnc2-c2cccc(S(=O)(=O)N(C)C)c2)c1. The molecule has 0 atom stereocenters. The van der Waals surface area contributed by atoms with Gasteiger partial charge in [-0.3, -0.25) is 9.36 Å². The highest BCUT2D eigenvalue weighted by molar-refractivity contribution is 7.99. The molecule has 3 rings (SSSR count). The second-order valence-electron chi connectivity index (χ2n) is 6.75. The standard InChI is InChI=1S/C20H23N5O5S2/c1-24(2)32(27,28)15-7-5-6-13(10-15)19-22-23-20(31-12-18(21)26)25(19)16-11-14(29-3)8-9-17(16)30-4/h5-11H,12H2,1-4H3,(H2,21,26). The molecule has 0 saturated carbocycles. The van der Waals surface area contributed by atoms with Gasteiger partial charge in [-0.05, 0) is 24.3 Å². The molecular weight excluding hydrogens is 454 g/mol. The number of carbonyl (C=O) groups is 1. The number of carbonyl (C=O) groups excluding carboxylic acids is 1. The fraction of sp³-hybridized carbons (Fsp3) is 0.250. The number of methoxy groups -OCH3 is 2. The van der Waals surface area contributed by atoms with Crippen LogP contribution in [0.5, 0.6) is 11.5 Å². The first-order chi connectivity index (χ1) is 15.2. The molecule has 0 aliphatic heterocycles. The minimum atomic E-state index is -3.66. The molecule has 1 heterocycles. The lowest BCUT2D eigenvalue weighted by Crippen LogP contribution is -2.22. The molecule has 0 aliphatic rings. The number of benzene rings is 2. The lowest BCUT2D eigenvalue weighted by molar-refractivity contribution is -0.115. The number of aromatic nitrogens is 3. The Balaban J connectivity index is 2.25. The lowest BCUT2D eigenvalue weighted by atomic mass is 10.2. The molecule has 0 aliphatic carbocycles. The van der Waals surface area contributed by atoms with Crippen molar-refractivity contribution >= 4 is 27.7 Å². The number of rotatable bonds is 9. The average Bonchev–Trinajstić information content (AvgIpc) is 3.21. The van der Waals surface area contributed by atoms with E-state index in [4.69, 9.17) is 15.2 Å². The van der Waals surface area contributed by atoms with Crippen LogP contribution in [0.4, 0.5) is 0 Å². The van der Waals surface area contributed by atoms with Crippen molar-refractivity contribution in [2.75, 3.05) is 34.1 Å². The summed E-state index contributed by atoms with van der Waals surface area (Å²) in [7, 11) is 2.33. The molecular formula is C20H23N5O5S2. The van der Waals surface area contributed by atoms with Gasteiger partial charge in [0.05, 0.1) is 30.6 Å². The summed E-state index contributed by atoms with van der Waals surface area (Å²) in [5, 5.41) is 8.87. The summed E-state index contributed by atoms with van der Waals surface area (Å²) < 4.78 is 38.9. The van der Waals surface area contributed by atoms with Gasteiger partial charge in [-0.1, -0.05) is 23.9 Å². The van der Waals surface area contributed by atoms with Gasteiger partial charge >= 0.3 is 0 Å². The molecule has 0 bridgehead atoms. The molecule has 2 N–H and O–H groups in total. The van der Waals surface area contributed by atoms with Crippen molar-refractivity contribution in [2.45, 2.75) is 10.1 Å². The van der Waals surface area contributed by atoms with Crippen LogP contribution in [0, 0.1) is 0 Å². The number of hydrogen-bond donors (Lipinski definition) is 1. The van der Waals surface area contributed by atoms with Crippen LogP contribution in [0.15, 0.2) is 52.5 Å². The maximum atomic E-state index is 12.6. The first kappa shape index (κ1) is 23.6. The maximum Gasteiger partial charge on any atom is 0.242 e. The number of ether oxygens (including phenoxy) is 2. The Hall–Kier alpha value is -3.09. The van der Waals surface area contributed by atoms with Crippen molar-refractivity contribution in [2.24, 2.45) is 5.73 Å². The highest BCUT2D eigenvalue weighted by Crippen LogP contribution is 2.35. The van der Waals surface area contributed by atoms with Gasteiger partial charge < -0.3 is 15.2 Å². The number of hydrogen-bond acceptors (Lipinski definition) is 8. The van der Waals surface area contributed by atoms with Crippen LogP contribution in [0.1, 0.15) is 0 Å². The van der Waals surface area contributed by atoms with Crippen LogP contribution in [0.2, 0.25) is 0 Å². The Morgan fingerprint density at radius 3 is 2.50 bits per heavy atom. The van der Waals surface area contributed by atoms with E-state index < -0.39 is 15.9 Å². The normalized spacial score (nSPS) is 11.5. The van der Waals surface area contributed by atoms with Gasteiger partial charge in [-0.2, -0.15) is 0 Å². The van der Waals surface area contributed by atoms with Crippen LogP contribution >= 0.6 is 11.8 Å². The van der Waals surface area contributed by atoms with Crippen molar-refractivity contribution < 1.29 is 22.7 Å². The summed E-state index contributed by atoms with van der Waals surface area (Å²) in [6, 6.07) is 11.6. The number of nitrogens with zero attached hydrogens (tertiary/aromatic N) is 4. The van der Waals surface area contributed by atoms with E-state index >= 15 is 0 Å². The number of primary amides is 1. The van der Waals surface area contributed by atoms with Crippen LogP contribution < -0.4 is 15.2 Å². The topological polar surface area (TPSA) is 130 Å². The van der Waals surface area contributed by atoms with E-state index in [1.165, 1.54) is 40.4 Å². The Morgan fingerprint density at radius 1 is 1.12 bits per heavy atom. The average molecular weight is 478 g/mol. The molecule has 0 spiro atoms. The van der Waals surface area contributed by atoms with Crippen molar-refractivity contribution in [1.29, 1.82) is 0 Å². The van der Waals surface area contributed by atoms with Gasteiger partial charge in [-0.25, -0.2) is 12.7 Å². The summed E-state index contributed by atoms with van der Waals surface area (Å²) in [6.45, 7) is 0.